The van der Waals surface area contributed by atoms with Crippen LogP contribution in [0.25, 0.3) is 5.69 Å². The van der Waals surface area contributed by atoms with Crippen molar-refractivity contribution in [1.82, 2.24) is 14.8 Å². The maximum Gasteiger partial charge on any atom is 0.340 e. The molecule has 140 valence electrons. The van der Waals surface area contributed by atoms with E-state index in [0.29, 0.717) is 17.8 Å². The highest BCUT2D eigenvalue weighted by Crippen LogP contribution is 2.23. The zero-order valence-electron chi connectivity index (χ0n) is 13.8. The van der Waals surface area contributed by atoms with Crippen molar-refractivity contribution in [2.24, 2.45) is 0 Å². The van der Waals surface area contributed by atoms with Crippen molar-refractivity contribution in [3.8, 4) is 5.69 Å². The Kier molecular flexibility index (Phi) is 4.86. The van der Waals surface area contributed by atoms with Gasteiger partial charge in [-0.25, -0.2) is 31.7 Å². The number of rotatable bonds is 5. The maximum atomic E-state index is 14.1. The van der Waals surface area contributed by atoms with E-state index in [1.54, 1.807) is 0 Å². The van der Waals surface area contributed by atoms with Crippen molar-refractivity contribution in [2.75, 3.05) is 11.8 Å². The summed E-state index contributed by atoms with van der Waals surface area (Å²) in [6.45, 7) is 0. The number of halogens is 2. The van der Waals surface area contributed by atoms with E-state index in [1.807, 2.05) is 4.72 Å². The van der Waals surface area contributed by atoms with Crippen LogP contribution in [0.4, 0.5) is 14.5 Å². The second-order valence-corrected chi connectivity index (χ2v) is 6.93. The fraction of sp³-hybridized carbons (Fsp3) is 0.0625. The number of benzene rings is 2. The molecule has 3 rings (SSSR count). The zero-order valence-corrected chi connectivity index (χ0v) is 14.6. The van der Waals surface area contributed by atoms with Crippen molar-refractivity contribution in [3.05, 3.63) is 66.3 Å². The Morgan fingerprint density at radius 3 is 2.44 bits per heavy atom. The molecule has 1 aromatic heterocycles. The number of carbonyl (C=O) groups excluding carboxylic acids is 1. The van der Waals surface area contributed by atoms with Gasteiger partial charge in [-0.05, 0) is 30.3 Å². The Morgan fingerprint density at radius 2 is 1.85 bits per heavy atom. The van der Waals surface area contributed by atoms with Crippen LogP contribution >= 0.6 is 0 Å². The SMILES string of the molecule is COC(=O)c1cc(F)c(NS(=O)(=O)c2ccc(-n3cncn3)cc2)cc1F. The average Bonchev–Trinajstić information content (AvgIpc) is 3.18. The Bertz CT molecular complexity index is 1080. The topological polar surface area (TPSA) is 103 Å². The largest absolute Gasteiger partial charge is 0.465 e. The highest BCUT2D eigenvalue weighted by atomic mass is 32.2. The Labute approximate surface area is 152 Å². The highest BCUT2D eigenvalue weighted by molar-refractivity contribution is 7.92. The summed E-state index contributed by atoms with van der Waals surface area (Å²) in [6, 6.07) is 6.63. The van der Waals surface area contributed by atoms with Crippen molar-refractivity contribution in [2.45, 2.75) is 4.90 Å². The summed E-state index contributed by atoms with van der Waals surface area (Å²) in [5.74, 6) is -3.33. The first-order chi connectivity index (χ1) is 12.8. The minimum atomic E-state index is -4.19. The molecule has 0 radical (unpaired) electrons. The Balaban J connectivity index is 1.88. The van der Waals surface area contributed by atoms with E-state index in [-0.39, 0.29) is 4.90 Å². The number of hydrogen-bond donors (Lipinski definition) is 1. The lowest BCUT2D eigenvalue weighted by molar-refractivity contribution is 0.0595. The lowest BCUT2D eigenvalue weighted by Crippen LogP contribution is -2.15. The van der Waals surface area contributed by atoms with E-state index in [0.717, 1.165) is 7.11 Å². The second kappa shape index (κ2) is 7.11. The van der Waals surface area contributed by atoms with Gasteiger partial charge in [-0.1, -0.05) is 0 Å². The minimum absolute atomic E-state index is 0.178. The molecule has 0 amide bonds. The van der Waals surface area contributed by atoms with Crippen LogP contribution in [0.1, 0.15) is 10.4 Å². The molecule has 0 unspecified atom stereocenters. The number of methoxy groups -OCH3 is 1. The van der Waals surface area contributed by atoms with Crippen LogP contribution in [-0.4, -0.2) is 36.3 Å². The van der Waals surface area contributed by atoms with Gasteiger partial charge in [0, 0.05) is 6.07 Å². The molecule has 0 aliphatic rings. The number of carbonyl (C=O) groups is 1. The molecule has 11 heteroatoms. The Morgan fingerprint density at radius 1 is 1.15 bits per heavy atom. The summed E-state index contributed by atoms with van der Waals surface area (Å²) in [5, 5.41) is 3.91. The van der Waals surface area contributed by atoms with Gasteiger partial charge in [0.05, 0.1) is 28.9 Å². The van der Waals surface area contributed by atoms with E-state index < -0.39 is 38.9 Å². The average molecular weight is 394 g/mol. The predicted octanol–water partition coefficient (Wildman–Crippen LogP) is 2.13. The van der Waals surface area contributed by atoms with E-state index in [9.17, 15) is 22.0 Å². The first-order valence-electron chi connectivity index (χ1n) is 7.37. The van der Waals surface area contributed by atoms with Gasteiger partial charge in [-0.3, -0.25) is 4.72 Å². The zero-order chi connectivity index (χ0) is 19.6. The number of hydrogen-bond acceptors (Lipinski definition) is 6. The standard InChI is InChI=1S/C16H12F2N4O4S/c1-26-16(23)12-6-14(18)15(7-13(12)17)21-27(24,25)11-4-2-10(3-5-11)22-9-19-8-20-22/h2-9,21H,1H3. The monoisotopic (exact) mass is 394 g/mol. The van der Waals surface area contributed by atoms with Gasteiger partial charge in [-0.2, -0.15) is 5.10 Å². The summed E-state index contributed by atoms with van der Waals surface area (Å²) >= 11 is 0. The van der Waals surface area contributed by atoms with Gasteiger partial charge in [0.1, 0.15) is 24.3 Å². The third kappa shape index (κ3) is 3.77. The first kappa shape index (κ1) is 18.5. The summed E-state index contributed by atoms with van der Waals surface area (Å²) < 4.78 is 60.6. The molecule has 0 bridgehead atoms. The van der Waals surface area contributed by atoms with Crippen LogP contribution in [0.5, 0.6) is 0 Å². The summed E-state index contributed by atoms with van der Waals surface area (Å²) in [7, 11) is -3.18. The first-order valence-corrected chi connectivity index (χ1v) is 8.85. The Hall–Kier alpha value is -3.34. The number of sulfonamides is 1. The van der Waals surface area contributed by atoms with Gasteiger partial charge in [-0.15, -0.1) is 0 Å². The molecular weight excluding hydrogens is 382 g/mol. The fourth-order valence-electron chi connectivity index (χ4n) is 2.21. The number of aromatic nitrogens is 3. The third-order valence-electron chi connectivity index (χ3n) is 3.54. The molecule has 8 nitrogen and oxygen atoms in total. The van der Waals surface area contributed by atoms with Crippen LogP contribution in [0.2, 0.25) is 0 Å². The van der Waals surface area contributed by atoms with Crippen LogP contribution in [0.15, 0.2) is 53.9 Å². The van der Waals surface area contributed by atoms with Crippen molar-refractivity contribution in [3.63, 3.8) is 0 Å². The number of esters is 1. The van der Waals surface area contributed by atoms with Gasteiger partial charge >= 0.3 is 5.97 Å². The lowest BCUT2D eigenvalue weighted by atomic mass is 10.2. The third-order valence-corrected chi connectivity index (χ3v) is 4.92. The van der Waals surface area contributed by atoms with Gasteiger partial charge < -0.3 is 4.74 Å². The maximum absolute atomic E-state index is 14.1. The van der Waals surface area contributed by atoms with Crippen molar-refractivity contribution >= 4 is 21.7 Å². The smallest absolute Gasteiger partial charge is 0.340 e. The molecule has 2 aromatic carbocycles. The molecule has 0 saturated heterocycles. The minimum Gasteiger partial charge on any atom is -0.465 e. The lowest BCUT2D eigenvalue weighted by Gasteiger charge is -2.11. The van der Waals surface area contributed by atoms with E-state index in [2.05, 4.69) is 14.8 Å². The molecular formula is C16H12F2N4O4S. The van der Waals surface area contributed by atoms with Crippen LogP contribution in [0.3, 0.4) is 0 Å². The molecule has 0 aliphatic heterocycles. The number of nitrogens with one attached hydrogen (secondary N) is 1. The molecule has 1 heterocycles. The molecule has 0 fully saturated rings. The van der Waals surface area contributed by atoms with E-state index in [4.69, 9.17) is 0 Å². The quantitative estimate of drug-likeness (QED) is 0.665. The summed E-state index contributed by atoms with van der Waals surface area (Å²) in [6.07, 6.45) is 2.75. The van der Waals surface area contributed by atoms with E-state index in [1.165, 1.54) is 41.6 Å². The number of nitrogens with zero attached hydrogens (tertiary/aromatic N) is 3. The molecule has 0 atom stereocenters. The van der Waals surface area contributed by atoms with Crippen molar-refractivity contribution in [1.29, 1.82) is 0 Å². The van der Waals surface area contributed by atoms with Gasteiger partial charge in [0.2, 0.25) is 0 Å². The van der Waals surface area contributed by atoms with Crippen LogP contribution in [-0.2, 0) is 14.8 Å². The van der Waals surface area contributed by atoms with Crippen LogP contribution in [0, 0.1) is 11.6 Å². The van der Waals surface area contributed by atoms with Gasteiger partial charge in [0.25, 0.3) is 10.0 Å². The molecule has 0 aliphatic carbocycles. The number of anilines is 1. The highest BCUT2D eigenvalue weighted by Gasteiger charge is 2.21. The fourth-order valence-corrected chi connectivity index (χ4v) is 3.27. The summed E-state index contributed by atoms with van der Waals surface area (Å²) in [5.41, 5.74) is -0.721. The molecule has 0 spiro atoms. The van der Waals surface area contributed by atoms with E-state index >= 15 is 0 Å². The molecule has 0 saturated carbocycles. The molecule has 1 N–H and O–H groups in total. The number of ether oxygens (including phenoxy) is 1. The predicted molar refractivity (Wildman–Crippen MR) is 89.9 cm³/mol. The normalized spacial score (nSPS) is 11.2. The van der Waals surface area contributed by atoms with Crippen LogP contribution < -0.4 is 4.72 Å². The molecule has 27 heavy (non-hydrogen) atoms. The van der Waals surface area contributed by atoms with Gasteiger partial charge in [0.15, 0.2) is 0 Å². The molecule has 3 aromatic rings. The second-order valence-electron chi connectivity index (χ2n) is 5.24. The van der Waals surface area contributed by atoms with Crippen molar-refractivity contribution < 1.29 is 26.7 Å². The summed E-state index contributed by atoms with van der Waals surface area (Å²) in [4.78, 5) is 15.0.